The third kappa shape index (κ3) is 2.83. The van der Waals surface area contributed by atoms with E-state index < -0.39 is 0 Å². The van der Waals surface area contributed by atoms with Crippen LogP contribution in [0.15, 0.2) is 41.3 Å². The number of fused-ring (bicyclic) bond motifs is 1. The number of aryl methyl sites for hydroxylation is 2. The minimum absolute atomic E-state index is 0.0163. The lowest BCUT2D eigenvalue weighted by molar-refractivity contribution is 0.969. The van der Waals surface area contributed by atoms with E-state index in [1.165, 1.54) is 29.3 Å². The number of nitrogens with zero attached hydrogens (tertiary/aromatic N) is 1. The van der Waals surface area contributed by atoms with Crippen molar-refractivity contribution in [2.24, 2.45) is 7.05 Å². The van der Waals surface area contributed by atoms with Gasteiger partial charge in [-0.05, 0) is 61.1 Å². The lowest BCUT2D eigenvalue weighted by atomic mass is 10.00. The van der Waals surface area contributed by atoms with Gasteiger partial charge in [-0.2, -0.15) is 0 Å². The number of H-pyrrole nitrogens is 1. The Balaban J connectivity index is 0.000000753. The summed E-state index contributed by atoms with van der Waals surface area (Å²) in [5, 5.41) is 1.21. The molecule has 0 amide bonds. The minimum atomic E-state index is 0.0163. The lowest BCUT2D eigenvalue weighted by Gasteiger charge is -2.10. The Hall–Kier alpha value is -2.29. The smallest absolute Gasteiger partial charge is 0.251 e. The van der Waals surface area contributed by atoms with Crippen LogP contribution in [-0.2, 0) is 7.05 Å². The second-order valence-corrected chi connectivity index (χ2v) is 6.09. The summed E-state index contributed by atoms with van der Waals surface area (Å²) in [5.41, 5.74) is 5.43. The van der Waals surface area contributed by atoms with Crippen molar-refractivity contribution in [3.05, 3.63) is 58.0 Å². The Morgan fingerprint density at radius 3 is 2.57 bits per heavy atom. The number of nitrogens with one attached hydrogen (secondary N) is 1. The summed E-state index contributed by atoms with van der Waals surface area (Å²) in [7, 11) is 2.05. The van der Waals surface area contributed by atoms with Crippen LogP contribution >= 0.6 is 0 Å². The van der Waals surface area contributed by atoms with Crippen LogP contribution in [-0.4, -0.2) is 9.55 Å². The van der Waals surface area contributed by atoms with Crippen molar-refractivity contribution in [3.63, 3.8) is 0 Å². The molecular formula is C20H24N2O. The second-order valence-electron chi connectivity index (χ2n) is 6.09. The SMILES string of the molecule is CC.Cc1cc(C2CC2)c(-c2ccc3c(ccn3C)c2)[nH]c1=O. The van der Waals surface area contributed by atoms with Gasteiger partial charge in [0.25, 0.3) is 5.56 Å². The number of benzene rings is 1. The largest absolute Gasteiger partial charge is 0.351 e. The summed E-state index contributed by atoms with van der Waals surface area (Å²) >= 11 is 0. The van der Waals surface area contributed by atoms with Crippen LogP contribution in [0.3, 0.4) is 0 Å². The molecule has 1 N–H and O–H groups in total. The van der Waals surface area contributed by atoms with Gasteiger partial charge < -0.3 is 9.55 Å². The Kier molecular flexibility index (Phi) is 4.12. The summed E-state index contributed by atoms with van der Waals surface area (Å²) in [4.78, 5) is 15.1. The van der Waals surface area contributed by atoms with E-state index in [1.807, 2.05) is 27.8 Å². The molecule has 0 spiro atoms. The van der Waals surface area contributed by atoms with E-state index in [1.54, 1.807) is 0 Å². The molecule has 0 unspecified atom stereocenters. The standard InChI is InChI=1S/C18H18N2O.C2H6/c1-11-9-15(12-3-4-12)17(19-18(11)21)14-5-6-16-13(10-14)7-8-20(16)2;1-2/h5-10,12H,3-4H2,1-2H3,(H,19,21);1-2H3. The Labute approximate surface area is 137 Å². The number of rotatable bonds is 2. The van der Waals surface area contributed by atoms with Gasteiger partial charge in [-0.1, -0.05) is 19.9 Å². The highest BCUT2D eigenvalue weighted by molar-refractivity contribution is 5.85. The first-order valence-corrected chi connectivity index (χ1v) is 8.43. The first-order valence-electron chi connectivity index (χ1n) is 8.43. The third-order valence-corrected chi connectivity index (χ3v) is 4.45. The third-order valence-electron chi connectivity index (χ3n) is 4.45. The topological polar surface area (TPSA) is 37.8 Å². The van der Waals surface area contributed by atoms with Gasteiger partial charge in [0, 0.05) is 29.7 Å². The maximum Gasteiger partial charge on any atom is 0.251 e. The van der Waals surface area contributed by atoms with E-state index in [4.69, 9.17) is 0 Å². The molecule has 1 fully saturated rings. The lowest BCUT2D eigenvalue weighted by Crippen LogP contribution is -2.12. The van der Waals surface area contributed by atoms with Crippen molar-refractivity contribution in [1.29, 1.82) is 0 Å². The van der Waals surface area contributed by atoms with Crippen LogP contribution < -0.4 is 5.56 Å². The highest BCUT2D eigenvalue weighted by Gasteiger charge is 2.27. The molecule has 1 saturated carbocycles. The monoisotopic (exact) mass is 308 g/mol. The quantitative estimate of drug-likeness (QED) is 0.729. The first-order chi connectivity index (χ1) is 11.1. The molecule has 0 atom stereocenters. The fourth-order valence-corrected chi connectivity index (χ4v) is 3.05. The summed E-state index contributed by atoms with van der Waals surface area (Å²) < 4.78 is 2.11. The average molecular weight is 308 g/mol. The van der Waals surface area contributed by atoms with Crippen molar-refractivity contribution >= 4 is 10.9 Å². The molecule has 3 nitrogen and oxygen atoms in total. The van der Waals surface area contributed by atoms with E-state index in [9.17, 15) is 4.79 Å². The van der Waals surface area contributed by atoms with Crippen molar-refractivity contribution in [3.8, 4) is 11.3 Å². The average Bonchev–Trinajstić information content (AvgIpc) is 3.35. The number of aromatic nitrogens is 2. The summed E-state index contributed by atoms with van der Waals surface area (Å²) in [5.74, 6) is 0.613. The molecule has 120 valence electrons. The predicted octanol–water partition coefficient (Wildman–Crippen LogP) is 4.75. The zero-order valence-electron chi connectivity index (χ0n) is 14.3. The molecule has 4 rings (SSSR count). The van der Waals surface area contributed by atoms with Gasteiger partial charge in [0.2, 0.25) is 0 Å². The number of pyridine rings is 1. The van der Waals surface area contributed by atoms with Gasteiger partial charge in [0.05, 0.1) is 5.69 Å². The molecule has 2 aromatic heterocycles. The predicted molar refractivity (Wildman–Crippen MR) is 97.0 cm³/mol. The van der Waals surface area contributed by atoms with Crippen LogP contribution in [0, 0.1) is 6.92 Å². The van der Waals surface area contributed by atoms with E-state index in [-0.39, 0.29) is 5.56 Å². The van der Waals surface area contributed by atoms with Crippen molar-refractivity contribution < 1.29 is 0 Å². The molecule has 0 bridgehead atoms. The van der Waals surface area contributed by atoms with Gasteiger partial charge in [-0.25, -0.2) is 0 Å². The van der Waals surface area contributed by atoms with Crippen LogP contribution in [0.1, 0.15) is 43.7 Å². The van der Waals surface area contributed by atoms with Crippen LogP contribution in [0.2, 0.25) is 0 Å². The Morgan fingerprint density at radius 1 is 1.13 bits per heavy atom. The first kappa shape index (κ1) is 15.6. The fraction of sp³-hybridized carbons (Fsp3) is 0.350. The summed E-state index contributed by atoms with van der Waals surface area (Å²) in [6.45, 7) is 5.88. The number of hydrogen-bond acceptors (Lipinski definition) is 1. The molecule has 0 saturated heterocycles. The molecule has 3 aromatic rings. The number of aromatic amines is 1. The molecular weight excluding hydrogens is 284 g/mol. The summed E-state index contributed by atoms with van der Waals surface area (Å²) in [6, 6.07) is 10.6. The fourth-order valence-electron chi connectivity index (χ4n) is 3.05. The van der Waals surface area contributed by atoms with Crippen LogP contribution in [0.5, 0.6) is 0 Å². The van der Waals surface area contributed by atoms with E-state index in [0.717, 1.165) is 16.8 Å². The van der Waals surface area contributed by atoms with Crippen LogP contribution in [0.4, 0.5) is 0 Å². The molecule has 1 aliphatic rings. The molecule has 2 heterocycles. The van der Waals surface area contributed by atoms with E-state index in [0.29, 0.717) is 5.92 Å². The molecule has 1 aromatic carbocycles. The second kappa shape index (κ2) is 6.07. The maximum absolute atomic E-state index is 12.0. The normalized spacial score (nSPS) is 13.7. The van der Waals surface area contributed by atoms with Gasteiger partial charge in [-0.15, -0.1) is 0 Å². The zero-order valence-corrected chi connectivity index (χ0v) is 14.3. The molecule has 23 heavy (non-hydrogen) atoms. The van der Waals surface area contributed by atoms with Crippen molar-refractivity contribution in [2.75, 3.05) is 0 Å². The summed E-state index contributed by atoms with van der Waals surface area (Å²) in [6.07, 6.45) is 4.52. The van der Waals surface area contributed by atoms with Gasteiger partial charge in [0.15, 0.2) is 0 Å². The van der Waals surface area contributed by atoms with E-state index in [2.05, 4.69) is 46.1 Å². The molecule has 3 heteroatoms. The van der Waals surface area contributed by atoms with Gasteiger partial charge in [-0.3, -0.25) is 4.79 Å². The zero-order chi connectivity index (χ0) is 16.6. The van der Waals surface area contributed by atoms with Crippen molar-refractivity contribution in [2.45, 2.75) is 39.5 Å². The Morgan fingerprint density at radius 2 is 1.87 bits per heavy atom. The Bertz CT molecular complexity index is 898. The highest BCUT2D eigenvalue weighted by Crippen LogP contribution is 2.43. The van der Waals surface area contributed by atoms with Crippen molar-refractivity contribution in [1.82, 2.24) is 9.55 Å². The molecule has 0 radical (unpaired) electrons. The minimum Gasteiger partial charge on any atom is -0.351 e. The number of hydrogen-bond donors (Lipinski definition) is 1. The highest BCUT2D eigenvalue weighted by atomic mass is 16.1. The molecule has 0 aliphatic heterocycles. The molecule has 1 aliphatic carbocycles. The van der Waals surface area contributed by atoms with Gasteiger partial charge in [0.1, 0.15) is 0 Å². The van der Waals surface area contributed by atoms with E-state index >= 15 is 0 Å². The maximum atomic E-state index is 12.0. The van der Waals surface area contributed by atoms with Crippen LogP contribution in [0.25, 0.3) is 22.2 Å². The van der Waals surface area contributed by atoms with Gasteiger partial charge >= 0.3 is 0 Å².